The van der Waals surface area contributed by atoms with Gasteiger partial charge in [-0.05, 0) is 24.8 Å². The van der Waals surface area contributed by atoms with Gasteiger partial charge in [0.25, 0.3) is 0 Å². The van der Waals surface area contributed by atoms with Crippen LogP contribution in [0.1, 0.15) is 91.4 Å². The van der Waals surface area contributed by atoms with Gasteiger partial charge >= 0.3 is 0 Å². The van der Waals surface area contributed by atoms with Gasteiger partial charge in [-0.15, -0.1) is 0 Å². The van der Waals surface area contributed by atoms with Gasteiger partial charge in [0.05, 0.1) is 0 Å². The predicted molar refractivity (Wildman–Crippen MR) is 79.3 cm³/mol. The van der Waals surface area contributed by atoms with Crippen molar-refractivity contribution in [3.8, 4) is 0 Å². The van der Waals surface area contributed by atoms with E-state index in [2.05, 4.69) is 20.8 Å². The fourth-order valence-corrected chi connectivity index (χ4v) is 2.21. The number of nitrogens with two attached hydrogens (primary N) is 1. The minimum absolute atomic E-state index is 0.531. The third kappa shape index (κ3) is 16.0. The Morgan fingerprint density at radius 1 is 0.588 bits per heavy atom. The van der Waals surface area contributed by atoms with E-state index in [-0.39, 0.29) is 0 Å². The first-order valence-corrected chi connectivity index (χ1v) is 7.76. The number of hydrogen-bond acceptors (Lipinski definition) is 1. The van der Waals surface area contributed by atoms with Crippen molar-refractivity contribution in [1.29, 1.82) is 0 Å². The minimum Gasteiger partial charge on any atom is -0.330 e. The summed E-state index contributed by atoms with van der Waals surface area (Å²) in [5.41, 5.74) is 6.00. The summed E-state index contributed by atoms with van der Waals surface area (Å²) in [6, 6.07) is 0. The zero-order valence-electron chi connectivity index (χ0n) is 12.6. The van der Waals surface area contributed by atoms with Crippen LogP contribution in [-0.4, -0.2) is 6.54 Å². The summed E-state index contributed by atoms with van der Waals surface area (Å²) >= 11 is 0. The second-order valence-corrected chi connectivity index (χ2v) is 6.63. The highest BCUT2D eigenvalue weighted by molar-refractivity contribution is 4.61. The normalized spacial score (nSPS) is 12.0. The lowest BCUT2D eigenvalue weighted by atomic mass is 9.89. The molecule has 0 aromatic heterocycles. The molecule has 0 aliphatic carbocycles. The molecule has 2 N–H and O–H groups in total. The van der Waals surface area contributed by atoms with Crippen LogP contribution in [0.15, 0.2) is 0 Å². The van der Waals surface area contributed by atoms with Crippen LogP contribution in [0.5, 0.6) is 0 Å². The maximum atomic E-state index is 5.47. The molecule has 0 unspecified atom stereocenters. The first-order valence-electron chi connectivity index (χ1n) is 7.76. The zero-order valence-corrected chi connectivity index (χ0v) is 12.6. The summed E-state index contributed by atoms with van der Waals surface area (Å²) in [6.07, 6.45) is 15.4. The summed E-state index contributed by atoms with van der Waals surface area (Å²) < 4.78 is 0. The molecule has 0 aliphatic rings. The summed E-state index contributed by atoms with van der Waals surface area (Å²) in [6.45, 7) is 7.89. The van der Waals surface area contributed by atoms with Crippen molar-refractivity contribution in [3.05, 3.63) is 0 Å². The lowest BCUT2D eigenvalue weighted by molar-refractivity contribution is 0.356. The Morgan fingerprint density at radius 3 is 1.29 bits per heavy atom. The molecule has 0 amide bonds. The Bertz CT molecular complexity index is 146. The third-order valence-corrected chi connectivity index (χ3v) is 3.38. The molecule has 1 heteroatoms. The lowest BCUT2D eigenvalue weighted by Gasteiger charge is -2.17. The van der Waals surface area contributed by atoms with Gasteiger partial charge in [0.1, 0.15) is 0 Å². The topological polar surface area (TPSA) is 26.0 Å². The van der Waals surface area contributed by atoms with Crippen molar-refractivity contribution in [1.82, 2.24) is 0 Å². The highest BCUT2D eigenvalue weighted by Crippen LogP contribution is 2.22. The van der Waals surface area contributed by atoms with Crippen molar-refractivity contribution in [2.24, 2.45) is 11.1 Å². The molecular formula is C16H35N. The molecule has 104 valence electrons. The molecule has 0 atom stereocenters. The smallest absolute Gasteiger partial charge is 0.00773 e. The van der Waals surface area contributed by atoms with E-state index in [9.17, 15) is 0 Å². The Morgan fingerprint density at radius 2 is 0.941 bits per heavy atom. The first-order chi connectivity index (χ1) is 8.06. The maximum Gasteiger partial charge on any atom is -0.00773 e. The highest BCUT2D eigenvalue weighted by Gasteiger charge is 2.08. The van der Waals surface area contributed by atoms with Crippen LogP contribution in [0.3, 0.4) is 0 Å². The molecule has 0 bridgehead atoms. The first kappa shape index (κ1) is 17.0. The van der Waals surface area contributed by atoms with Crippen molar-refractivity contribution in [2.75, 3.05) is 6.54 Å². The molecule has 0 aromatic rings. The summed E-state index contributed by atoms with van der Waals surface area (Å²) in [5.74, 6) is 0. The standard InChI is InChI=1S/C16H35N/c1-16(2,3)14-12-10-8-6-4-5-7-9-11-13-15-17/h4-15,17H2,1-3H3. The fraction of sp³-hybridized carbons (Fsp3) is 1.00. The molecule has 0 radical (unpaired) electrons. The van der Waals surface area contributed by atoms with E-state index in [1.807, 2.05) is 0 Å². The average Bonchev–Trinajstić information content (AvgIpc) is 2.24. The van der Waals surface area contributed by atoms with Gasteiger partial charge in [-0.2, -0.15) is 0 Å². The number of rotatable bonds is 11. The van der Waals surface area contributed by atoms with Crippen molar-refractivity contribution < 1.29 is 0 Å². The van der Waals surface area contributed by atoms with Crippen LogP contribution in [0.4, 0.5) is 0 Å². The molecule has 0 aromatic carbocycles. The van der Waals surface area contributed by atoms with Crippen LogP contribution in [-0.2, 0) is 0 Å². The number of hydrogen-bond donors (Lipinski definition) is 1. The van der Waals surface area contributed by atoms with Gasteiger partial charge in [-0.3, -0.25) is 0 Å². The molecule has 0 fully saturated rings. The van der Waals surface area contributed by atoms with E-state index in [1.54, 1.807) is 0 Å². The largest absolute Gasteiger partial charge is 0.330 e. The maximum absolute atomic E-state index is 5.47. The molecule has 1 nitrogen and oxygen atoms in total. The van der Waals surface area contributed by atoms with Crippen molar-refractivity contribution >= 4 is 0 Å². The van der Waals surface area contributed by atoms with Crippen LogP contribution in [0.25, 0.3) is 0 Å². The van der Waals surface area contributed by atoms with Gasteiger partial charge in [0.2, 0.25) is 0 Å². The van der Waals surface area contributed by atoms with E-state index in [1.165, 1.54) is 70.6 Å². The Kier molecular flexibility index (Phi) is 11.0. The lowest BCUT2D eigenvalue weighted by Crippen LogP contribution is -2.03. The minimum atomic E-state index is 0.531. The molecule has 0 rings (SSSR count). The van der Waals surface area contributed by atoms with Crippen LogP contribution >= 0.6 is 0 Å². The van der Waals surface area contributed by atoms with Gasteiger partial charge in [-0.25, -0.2) is 0 Å². The molecule has 0 saturated heterocycles. The average molecular weight is 241 g/mol. The van der Waals surface area contributed by atoms with E-state index in [4.69, 9.17) is 5.73 Å². The van der Waals surface area contributed by atoms with Gasteiger partial charge in [-0.1, -0.05) is 78.6 Å². The zero-order chi connectivity index (χ0) is 13.0. The van der Waals surface area contributed by atoms with Crippen LogP contribution in [0.2, 0.25) is 0 Å². The van der Waals surface area contributed by atoms with Crippen LogP contribution < -0.4 is 5.73 Å². The highest BCUT2D eigenvalue weighted by atomic mass is 14.5. The SMILES string of the molecule is CC(C)(C)CCCCCCCCCCCCN. The van der Waals surface area contributed by atoms with Crippen molar-refractivity contribution in [3.63, 3.8) is 0 Å². The van der Waals surface area contributed by atoms with Crippen LogP contribution in [0, 0.1) is 5.41 Å². The van der Waals surface area contributed by atoms with E-state index < -0.39 is 0 Å². The molecule has 0 heterocycles. The molecule has 0 saturated carbocycles. The van der Waals surface area contributed by atoms with E-state index in [0.29, 0.717) is 5.41 Å². The van der Waals surface area contributed by atoms with Gasteiger partial charge in [0.15, 0.2) is 0 Å². The molecule has 0 aliphatic heterocycles. The van der Waals surface area contributed by atoms with Gasteiger partial charge < -0.3 is 5.73 Å². The van der Waals surface area contributed by atoms with E-state index >= 15 is 0 Å². The number of unbranched alkanes of at least 4 members (excludes halogenated alkanes) is 9. The van der Waals surface area contributed by atoms with Crippen molar-refractivity contribution in [2.45, 2.75) is 91.4 Å². The third-order valence-electron chi connectivity index (χ3n) is 3.38. The second-order valence-electron chi connectivity index (χ2n) is 6.63. The summed E-state index contributed by atoms with van der Waals surface area (Å²) in [4.78, 5) is 0. The Balaban J connectivity index is 2.99. The summed E-state index contributed by atoms with van der Waals surface area (Å²) in [7, 11) is 0. The van der Waals surface area contributed by atoms with Gasteiger partial charge in [0, 0.05) is 0 Å². The molecule has 0 spiro atoms. The molecular weight excluding hydrogens is 206 g/mol. The fourth-order valence-electron chi connectivity index (χ4n) is 2.21. The molecule has 17 heavy (non-hydrogen) atoms. The Hall–Kier alpha value is -0.0400. The second kappa shape index (κ2) is 11.1. The predicted octanol–water partition coefficient (Wildman–Crippen LogP) is 5.28. The summed E-state index contributed by atoms with van der Waals surface area (Å²) in [5, 5.41) is 0. The quantitative estimate of drug-likeness (QED) is 0.489. The van der Waals surface area contributed by atoms with E-state index in [0.717, 1.165) is 6.54 Å². The monoisotopic (exact) mass is 241 g/mol. The Labute approximate surface area is 110 Å².